The molecule has 96 valence electrons. The number of halogens is 1. The van der Waals surface area contributed by atoms with Gasteiger partial charge >= 0.3 is 0 Å². The zero-order valence-electron chi connectivity index (χ0n) is 11.0. The molecule has 1 aromatic heterocycles. The summed E-state index contributed by atoms with van der Waals surface area (Å²) in [5.41, 5.74) is 2.67. The van der Waals surface area contributed by atoms with Gasteiger partial charge in [-0.2, -0.15) is 0 Å². The fourth-order valence-electron chi connectivity index (χ4n) is 2.18. The highest BCUT2D eigenvalue weighted by atomic mass is 19.1. The molecule has 1 unspecified atom stereocenters. The van der Waals surface area contributed by atoms with Gasteiger partial charge in [0, 0.05) is 10.9 Å². The monoisotopic (exact) mass is 247 g/mol. The third-order valence-electron chi connectivity index (χ3n) is 3.10. The van der Waals surface area contributed by atoms with E-state index in [0.29, 0.717) is 5.58 Å². The summed E-state index contributed by atoms with van der Waals surface area (Å²) in [6.07, 6.45) is 0. The van der Waals surface area contributed by atoms with E-state index in [9.17, 15) is 4.39 Å². The largest absolute Gasteiger partial charge is 0.459 e. The van der Waals surface area contributed by atoms with Crippen molar-refractivity contribution in [3.05, 3.63) is 47.5 Å². The van der Waals surface area contributed by atoms with Crippen molar-refractivity contribution in [1.29, 1.82) is 0 Å². The van der Waals surface area contributed by atoms with E-state index >= 15 is 0 Å². The lowest BCUT2D eigenvalue weighted by molar-refractivity contribution is 0.469. The Labute approximate surface area is 106 Å². The van der Waals surface area contributed by atoms with Crippen LogP contribution in [0.15, 0.2) is 34.8 Å². The number of aryl methyl sites for hydroxylation is 1. The van der Waals surface area contributed by atoms with Crippen LogP contribution in [0.1, 0.15) is 31.2 Å². The Bertz CT molecular complexity index is 585. The van der Waals surface area contributed by atoms with Gasteiger partial charge in [-0.1, -0.05) is 19.1 Å². The fraction of sp³-hybridized carbons (Fsp3) is 0.333. The summed E-state index contributed by atoms with van der Waals surface area (Å²) in [4.78, 5) is 0. The maximum atomic E-state index is 13.3. The molecule has 0 spiro atoms. The topological polar surface area (TPSA) is 25.2 Å². The van der Waals surface area contributed by atoms with Gasteiger partial charge in [-0.3, -0.25) is 0 Å². The van der Waals surface area contributed by atoms with Gasteiger partial charge in [0.2, 0.25) is 0 Å². The van der Waals surface area contributed by atoms with Crippen LogP contribution in [-0.4, -0.2) is 6.54 Å². The second-order valence-electron chi connectivity index (χ2n) is 4.57. The van der Waals surface area contributed by atoms with Gasteiger partial charge in [0.05, 0.1) is 6.04 Å². The number of nitrogens with one attached hydrogen (secondary N) is 1. The van der Waals surface area contributed by atoms with Crippen LogP contribution in [0.25, 0.3) is 11.0 Å². The molecule has 0 radical (unpaired) electrons. The Morgan fingerprint density at radius 1 is 1.50 bits per heavy atom. The maximum Gasteiger partial charge on any atom is 0.134 e. The summed E-state index contributed by atoms with van der Waals surface area (Å²) >= 11 is 0. The van der Waals surface area contributed by atoms with E-state index in [2.05, 4.69) is 11.9 Å². The number of hydrogen-bond donors (Lipinski definition) is 1. The summed E-state index contributed by atoms with van der Waals surface area (Å²) in [5.74, 6) is 0.582. The van der Waals surface area contributed by atoms with Crippen LogP contribution in [0.2, 0.25) is 0 Å². The quantitative estimate of drug-likeness (QED) is 0.822. The Hall–Kier alpha value is -1.61. The van der Waals surface area contributed by atoms with E-state index in [1.807, 2.05) is 20.8 Å². The van der Waals surface area contributed by atoms with Gasteiger partial charge in [0.25, 0.3) is 0 Å². The summed E-state index contributed by atoms with van der Waals surface area (Å²) in [6, 6.07) is 4.57. The van der Waals surface area contributed by atoms with Gasteiger partial charge in [-0.05, 0) is 38.6 Å². The SMILES string of the molecule is C=C(C)C(NCC)c1oc2ccc(F)cc2c1C. The summed E-state index contributed by atoms with van der Waals surface area (Å²) < 4.78 is 19.1. The first-order chi connectivity index (χ1) is 8.54. The van der Waals surface area contributed by atoms with Crippen LogP contribution in [-0.2, 0) is 0 Å². The summed E-state index contributed by atoms with van der Waals surface area (Å²) in [5, 5.41) is 4.16. The lowest BCUT2D eigenvalue weighted by Crippen LogP contribution is -2.21. The molecule has 0 fully saturated rings. The molecule has 1 N–H and O–H groups in total. The van der Waals surface area contributed by atoms with Crippen molar-refractivity contribution < 1.29 is 8.81 Å². The minimum absolute atomic E-state index is 0.0227. The van der Waals surface area contributed by atoms with Crippen LogP contribution < -0.4 is 5.32 Å². The number of furan rings is 1. The summed E-state index contributed by atoms with van der Waals surface area (Å²) in [6.45, 7) is 10.8. The second-order valence-corrected chi connectivity index (χ2v) is 4.57. The molecule has 1 heterocycles. The first-order valence-electron chi connectivity index (χ1n) is 6.12. The average molecular weight is 247 g/mol. The first-order valence-corrected chi connectivity index (χ1v) is 6.12. The van der Waals surface area contributed by atoms with Gasteiger partial charge in [0.1, 0.15) is 17.2 Å². The van der Waals surface area contributed by atoms with Crippen LogP contribution in [0.5, 0.6) is 0 Å². The van der Waals surface area contributed by atoms with Gasteiger partial charge in [-0.25, -0.2) is 4.39 Å². The Morgan fingerprint density at radius 2 is 2.22 bits per heavy atom. The number of likely N-dealkylation sites (N-methyl/N-ethyl adjacent to an activating group) is 1. The maximum absolute atomic E-state index is 13.3. The number of benzene rings is 1. The average Bonchev–Trinajstić information content (AvgIpc) is 2.63. The zero-order valence-corrected chi connectivity index (χ0v) is 11.0. The highest BCUT2D eigenvalue weighted by molar-refractivity contribution is 5.82. The molecule has 2 rings (SSSR count). The van der Waals surface area contributed by atoms with Gasteiger partial charge in [-0.15, -0.1) is 0 Å². The van der Waals surface area contributed by atoms with Gasteiger partial charge < -0.3 is 9.73 Å². The molecule has 2 aromatic rings. The second kappa shape index (κ2) is 4.94. The van der Waals surface area contributed by atoms with Gasteiger partial charge in [0.15, 0.2) is 0 Å². The standard InChI is InChI=1S/C15H18FNO/c1-5-17-14(9(2)3)15-10(4)12-8-11(16)6-7-13(12)18-15/h6-8,14,17H,2,5H2,1,3-4H3. The molecule has 3 heteroatoms. The third kappa shape index (κ3) is 2.18. The Kier molecular flexibility index (Phi) is 3.53. The first kappa shape index (κ1) is 12.8. The molecular formula is C15H18FNO. The smallest absolute Gasteiger partial charge is 0.134 e. The van der Waals surface area contributed by atoms with Crippen LogP contribution in [0.3, 0.4) is 0 Å². The van der Waals surface area contributed by atoms with Crippen molar-refractivity contribution >= 4 is 11.0 Å². The Morgan fingerprint density at radius 3 is 2.83 bits per heavy atom. The van der Waals surface area contributed by atoms with Crippen LogP contribution in [0.4, 0.5) is 4.39 Å². The Balaban J connectivity index is 2.56. The lowest BCUT2D eigenvalue weighted by Gasteiger charge is -2.16. The third-order valence-corrected chi connectivity index (χ3v) is 3.10. The molecule has 0 bridgehead atoms. The molecule has 0 aliphatic carbocycles. The predicted octanol–water partition coefficient (Wildman–Crippen LogP) is 4.11. The normalized spacial score (nSPS) is 12.9. The minimum Gasteiger partial charge on any atom is -0.459 e. The number of rotatable bonds is 4. The summed E-state index contributed by atoms with van der Waals surface area (Å²) in [7, 11) is 0. The molecule has 1 aromatic carbocycles. The molecule has 2 nitrogen and oxygen atoms in total. The molecule has 0 saturated heterocycles. The molecule has 0 saturated carbocycles. The predicted molar refractivity (Wildman–Crippen MR) is 72.1 cm³/mol. The fourth-order valence-corrected chi connectivity index (χ4v) is 2.18. The van der Waals surface area contributed by atoms with E-state index in [-0.39, 0.29) is 11.9 Å². The highest BCUT2D eigenvalue weighted by Crippen LogP contribution is 2.32. The van der Waals surface area contributed by atoms with Crippen molar-refractivity contribution in [2.45, 2.75) is 26.8 Å². The zero-order chi connectivity index (χ0) is 13.3. The van der Waals surface area contributed by atoms with E-state index in [1.165, 1.54) is 12.1 Å². The van der Waals surface area contributed by atoms with E-state index < -0.39 is 0 Å². The minimum atomic E-state index is -0.242. The van der Waals surface area contributed by atoms with Crippen molar-refractivity contribution in [1.82, 2.24) is 5.32 Å². The molecular weight excluding hydrogens is 229 g/mol. The molecule has 0 aliphatic heterocycles. The van der Waals surface area contributed by atoms with E-state index in [0.717, 1.165) is 28.8 Å². The van der Waals surface area contributed by atoms with Crippen molar-refractivity contribution in [3.63, 3.8) is 0 Å². The van der Waals surface area contributed by atoms with Crippen molar-refractivity contribution in [3.8, 4) is 0 Å². The molecule has 0 amide bonds. The lowest BCUT2D eigenvalue weighted by atomic mass is 10.0. The van der Waals surface area contributed by atoms with E-state index in [1.54, 1.807) is 6.07 Å². The number of fused-ring (bicyclic) bond motifs is 1. The van der Waals surface area contributed by atoms with Crippen molar-refractivity contribution in [2.75, 3.05) is 6.54 Å². The molecule has 0 aliphatic rings. The number of hydrogen-bond acceptors (Lipinski definition) is 2. The van der Waals surface area contributed by atoms with Crippen molar-refractivity contribution in [2.24, 2.45) is 0 Å². The van der Waals surface area contributed by atoms with E-state index in [4.69, 9.17) is 4.42 Å². The molecule has 1 atom stereocenters. The molecule has 18 heavy (non-hydrogen) atoms. The highest BCUT2D eigenvalue weighted by Gasteiger charge is 2.20. The van der Waals surface area contributed by atoms with Crippen LogP contribution >= 0.6 is 0 Å². The van der Waals surface area contributed by atoms with Crippen LogP contribution in [0, 0.1) is 12.7 Å².